The van der Waals surface area contributed by atoms with E-state index in [9.17, 15) is 20.1 Å². The third kappa shape index (κ3) is 2.70. The Morgan fingerprint density at radius 3 is 2.62 bits per heavy atom. The first-order chi connectivity index (χ1) is 11.4. The lowest BCUT2D eigenvalue weighted by molar-refractivity contribution is -0.116. The van der Waals surface area contributed by atoms with Gasteiger partial charge in [-0.05, 0) is 50.8 Å². The van der Waals surface area contributed by atoms with Gasteiger partial charge in [-0.1, -0.05) is 19.9 Å². The smallest absolute Gasteiger partial charge is 0.161 e. The Kier molecular flexibility index (Phi) is 5.56. The number of hydrogen-bond acceptors (Lipinski definition) is 5. The molecule has 4 N–H and O–H groups in total. The van der Waals surface area contributed by atoms with Gasteiger partial charge in [0, 0.05) is 23.4 Å². The Balaban J connectivity index is 2.73. The highest BCUT2D eigenvalue weighted by molar-refractivity contribution is 5.55. The van der Waals surface area contributed by atoms with E-state index in [0.717, 1.165) is 11.8 Å². The van der Waals surface area contributed by atoms with E-state index in [0.29, 0.717) is 37.8 Å². The predicted octanol–water partition coefficient (Wildman–Crippen LogP) is 2.40. The molecule has 0 radical (unpaired) electrons. The molecule has 5 heteroatoms. The van der Waals surface area contributed by atoms with E-state index in [4.69, 9.17) is 0 Å². The number of aryl methyl sites for hydroxylation is 1. The largest absolute Gasteiger partial charge is 0.504 e. The molecule has 0 spiro atoms. The fourth-order valence-corrected chi connectivity index (χ4v) is 4.49. The van der Waals surface area contributed by atoms with Gasteiger partial charge in [-0.2, -0.15) is 0 Å². The Labute approximate surface area is 143 Å². The second-order valence-corrected chi connectivity index (χ2v) is 6.81. The average molecular weight is 335 g/mol. The molecule has 3 atom stereocenters. The molecule has 1 aliphatic rings. The highest BCUT2D eigenvalue weighted by Crippen LogP contribution is 2.53. The van der Waals surface area contributed by atoms with E-state index in [1.807, 2.05) is 26.8 Å². The zero-order valence-corrected chi connectivity index (χ0v) is 14.8. The molecule has 0 aliphatic carbocycles. The first kappa shape index (κ1) is 18.7. The number of benzene rings is 1. The van der Waals surface area contributed by atoms with E-state index in [1.54, 1.807) is 0 Å². The number of rotatable bonds is 6. The molecule has 1 aliphatic heterocycles. The fourth-order valence-electron chi connectivity index (χ4n) is 4.49. The minimum absolute atomic E-state index is 0.144. The Morgan fingerprint density at radius 1 is 1.33 bits per heavy atom. The van der Waals surface area contributed by atoms with E-state index in [-0.39, 0.29) is 24.0 Å². The number of phenolic OH excluding ortho intramolecular Hbond substituents is 2. The molecule has 1 saturated heterocycles. The fraction of sp³-hybridized carbons (Fsp3) is 0.632. The average Bonchev–Trinajstić information content (AvgIpc) is 2.58. The van der Waals surface area contributed by atoms with Crippen LogP contribution < -0.4 is 5.32 Å². The summed E-state index contributed by atoms with van der Waals surface area (Å²) in [6, 6.07) is 3.09. The van der Waals surface area contributed by atoms with Gasteiger partial charge in [0.15, 0.2) is 11.5 Å². The molecule has 134 valence electrons. The van der Waals surface area contributed by atoms with Crippen molar-refractivity contribution in [3.8, 4) is 11.5 Å². The van der Waals surface area contributed by atoms with Crippen LogP contribution in [0.25, 0.3) is 0 Å². The van der Waals surface area contributed by atoms with Crippen LogP contribution in [0, 0.1) is 0 Å². The SMILES string of the molecule is CCc1ccc(O)c(O)c1C1(CC)CCNC(C)C1(O)CCC=O. The highest BCUT2D eigenvalue weighted by atomic mass is 16.3. The van der Waals surface area contributed by atoms with Gasteiger partial charge < -0.3 is 25.4 Å². The minimum Gasteiger partial charge on any atom is -0.504 e. The van der Waals surface area contributed by atoms with Crippen molar-refractivity contribution < 1.29 is 20.1 Å². The standard InChI is InChI=1S/C19H29NO4/c1-4-14-7-8-15(22)17(23)16(14)18(5-2)10-11-20-13(3)19(18,24)9-6-12-21/h7-8,12-13,20,22-24H,4-6,9-11H2,1-3H3. The molecular formula is C19H29NO4. The predicted molar refractivity (Wildman–Crippen MR) is 93.4 cm³/mol. The number of hydrogen-bond donors (Lipinski definition) is 4. The molecule has 0 bridgehead atoms. The molecule has 5 nitrogen and oxygen atoms in total. The molecular weight excluding hydrogens is 306 g/mol. The molecule has 0 amide bonds. The Bertz CT molecular complexity index is 603. The van der Waals surface area contributed by atoms with Crippen molar-refractivity contribution in [2.24, 2.45) is 0 Å². The summed E-state index contributed by atoms with van der Waals surface area (Å²) in [5, 5.41) is 35.7. The van der Waals surface area contributed by atoms with Crippen molar-refractivity contribution in [3.05, 3.63) is 23.3 Å². The number of nitrogens with one attached hydrogen (secondary N) is 1. The van der Waals surface area contributed by atoms with Gasteiger partial charge in [0.25, 0.3) is 0 Å². The molecule has 1 aromatic rings. The number of carbonyl (C=O) groups excluding carboxylic acids is 1. The zero-order chi connectivity index (χ0) is 18.0. The summed E-state index contributed by atoms with van der Waals surface area (Å²) in [4.78, 5) is 11.0. The van der Waals surface area contributed by atoms with Gasteiger partial charge in [-0.25, -0.2) is 0 Å². The molecule has 2 rings (SSSR count). The summed E-state index contributed by atoms with van der Waals surface area (Å²) in [5.41, 5.74) is -0.342. The lowest BCUT2D eigenvalue weighted by atomic mass is 9.56. The van der Waals surface area contributed by atoms with E-state index in [1.165, 1.54) is 6.07 Å². The normalized spacial score (nSPS) is 30.2. The lowest BCUT2D eigenvalue weighted by Crippen LogP contribution is -2.66. The monoisotopic (exact) mass is 335 g/mol. The van der Waals surface area contributed by atoms with Gasteiger partial charge in [-0.3, -0.25) is 0 Å². The van der Waals surface area contributed by atoms with Crippen molar-refractivity contribution in [2.75, 3.05) is 6.54 Å². The van der Waals surface area contributed by atoms with Crippen LogP contribution in [0.1, 0.15) is 57.6 Å². The van der Waals surface area contributed by atoms with E-state index >= 15 is 0 Å². The molecule has 1 fully saturated rings. The van der Waals surface area contributed by atoms with Crippen LogP contribution in [-0.4, -0.2) is 39.8 Å². The first-order valence-corrected chi connectivity index (χ1v) is 8.81. The zero-order valence-electron chi connectivity index (χ0n) is 14.8. The first-order valence-electron chi connectivity index (χ1n) is 8.81. The van der Waals surface area contributed by atoms with Crippen molar-refractivity contribution in [1.82, 2.24) is 5.32 Å². The number of phenols is 2. The van der Waals surface area contributed by atoms with Crippen LogP contribution >= 0.6 is 0 Å². The highest BCUT2D eigenvalue weighted by Gasteiger charge is 2.56. The molecule has 3 unspecified atom stereocenters. The molecule has 1 aromatic carbocycles. The van der Waals surface area contributed by atoms with Gasteiger partial charge in [0.1, 0.15) is 6.29 Å². The molecule has 0 saturated carbocycles. The van der Waals surface area contributed by atoms with E-state index in [2.05, 4.69) is 5.32 Å². The quantitative estimate of drug-likeness (QED) is 0.473. The molecule has 0 aromatic heterocycles. The van der Waals surface area contributed by atoms with Gasteiger partial charge in [0.05, 0.1) is 5.60 Å². The lowest BCUT2D eigenvalue weighted by Gasteiger charge is -2.55. The minimum atomic E-state index is -1.18. The Morgan fingerprint density at radius 2 is 2.04 bits per heavy atom. The van der Waals surface area contributed by atoms with Crippen molar-refractivity contribution in [2.45, 2.75) is 69.9 Å². The van der Waals surface area contributed by atoms with Gasteiger partial charge in [-0.15, -0.1) is 0 Å². The maximum atomic E-state index is 11.7. The molecule has 24 heavy (non-hydrogen) atoms. The summed E-state index contributed by atoms with van der Waals surface area (Å²) < 4.78 is 0. The second-order valence-electron chi connectivity index (χ2n) is 6.81. The summed E-state index contributed by atoms with van der Waals surface area (Å²) in [6.07, 6.45) is 3.33. The number of aromatic hydroxyl groups is 2. The van der Waals surface area contributed by atoms with Gasteiger partial charge in [0.2, 0.25) is 0 Å². The van der Waals surface area contributed by atoms with Gasteiger partial charge >= 0.3 is 0 Å². The summed E-state index contributed by atoms with van der Waals surface area (Å²) in [5.74, 6) is -0.311. The van der Waals surface area contributed by atoms with Crippen LogP contribution in [0.4, 0.5) is 0 Å². The van der Waals surface area contributed by atoms with Crippen LogP contribution in [0.15, 0.2) is 12.1 Å². The van der Waals surface area contributed by atoms with Crippen LogP contribution in [0.3, 0.4) is 0 Å². The topological polar surface area (TPSA) is 89.8 Å². The van der Waals surface area contributed by atoms with E-state index < -0.39 is 11.0 Å². The number of aldehydes is 1. The maximum absolute atomic E-state index is 11.7. The maximum Gasteiger partial charge on any atom is 0.161 e. The Hall–Kier alpha value is -1.59. The van der Waals surface area contributed by atoms with Crippen LogP contribution in [0.5, 0.6) is 11.5 Å². The van der Waals surface area contributed by atoms with Crippen LogP contribution in [0.2, 0.25) is 0 Å². The van der Waals surface area contributed by atoms with Crippen LogP contribution in [-0.2, 0) is 16.6 Å². The third-order valence-corrected chi connectivity index (χ3v) is 5.90. The third-order valence-electron chi connectivity index (χ3n) is 5.90. The number of piperidine rings is 1. The van der Waals surface area contributed by atoms with Crippen molar-refractivity contribution >= 4 is 6.29 Å². The number of carbonyl (C=O) groups is 1. The molecule has 1 heterocycles. The van der Waals surface area contributed by atoms with Crippen molar-refractivity contribution in [1.29, 1.82) is 0 Å². The van der Waals surface area contributed by atoms with Crippen molar-refractivity contribution in [3.63, 3.8) is 0 Å². The summed E-state index contributed by atoms with van der Waals surface area (Å²) in [7, 11) is 0. The summed E-state index contributed by atoms with van der Waals surface area (Å²) in [6.45, 7) is 6.61. The summed E-state index contributed by atoms with van der Waals surface area (Å²) >= 11 is 0. The number of aliphatic hydroxyl groups is 1. The second kappa shape index (κ2) is 7.11.